The van der Waals surface area contributed by atoms with Gasteiger partial charge in [-0.1, -0.05) is 6.58 Å². The van der Waals surface area contributed by atoms with E-state index in [-0.39, 0.29) is 5.76 Å². The maximum absolute atomic E-state index is 8.83. The standard InChI is InChI=1S/C6H13N3O/c1-5(10)6(8-7)4-9(2)3/h4,8,10H,1,7H2,2-3H3/b6-4-. The highest BCUT2D eigenvalue weighted by Crippen LogP contribution is 1.97. The molecule has 0 unspecified atom stereocenters. The van der Waals surface area contributed by atoms with Crippen LogP contribution in [0.1, 0.15) is 0 Å². The van der Waals surface area contributed by atoms with E-state index in [4.69, 9.17) is 10.9 Å². The van der Waals surface area contributed by atoms with Crippen LogP contribution in [-0.4, -0.2) is 24.1 Å². The van der Waals surface area contributed by atoms with E-state index in [1.54, 1.807) is 11.1 Å². The number of hydrazine groups is 1. The van der Waals surface area contributed by atoms with Crippen molar-refractivity contribution in [2.45, 2.75) is 0 Å². The highest BCUT2D eigenvalue weighted by molar-refractivity contribution is 5.18. The van der Waals surface area contributed by atoms with Crippen LogP contribution >= 0.6 is 0 Å². The average molecular weight is 143 g/mol. The third-order valence-corrected chi connectivity index (χ3v) is 0.854. The number of nitrogens with two attached hydrogens (primary N) is 1. The highest BCUT2D eigenvalue weighted by atomic mass is 16.3. The molecular formula is C6H13N3O. The molecule has 10 heavy (non-hydrogen) atoms. The fourth-order valence-corrected chi connectivity index (χ4v) is 0.453. The average Bonchev–Trinajstić information content (AvgIpc) is 1.81. The lowest BCUT2D eigenvalue weighted by molar-refractivity contribution is 0.411. The first-order valence-electron chi connectivity index (χ1n) is 2.81. The molecule has 0 amide bonds. The van der Waals surface area contributed by atoms with E-state index in [2.05, 4.69) is 12.0 Å². The second kappa shape index (κ2) is 3.79. The molecule has 0 fully saturated rings. The lowest BCUT2D eigenvalue weighted by Gasteiger charge is -2.09. The number of rotatable bonds is 3. The molecule has 0 saturated heterocycles. The number of hydrogen-bond donors (Lipinski definition) is 3. The molecule has 4 N–H and O–H groups in total. The molecular weight excluding hydrogens is 130 g/mol. The summed E-state index contributed by atoms with van der Waals surface area (Å²) in [6, 6.07) is 0. The minimum atomic E-state index is -0.0730. The number of aliphatic hydroxyl groups excluding tert-OH is 1. The predicted molar refractivity (Wildman–Crippen MR) is 40.9 cm³/mol. The zero-order valence-corrected chi connectivity index (χ0v) is 6.26. The molecule has 58 valence electrons. The van der Waals surface area contributed by atoms with E-state index in [1.165, 1.54) is 0 Å². The first-order chi connectivity index (χ1) is 4.57. The van der Waals surface area contributed by atoms with Crippen LogP contribution in [0.2, 0.25) is 0 Å². The maximum atomic E-state index is 8.83. The Balaban J connectivity index is 4.19. The van der Waals surface area contributed by atoms with Gasteiger partial charge >= 0.3 is 0 Å². The molecule has 0 aliphatic rings. The van der Waals surface area contributed by atoms with Crippen LogP contribution in [0.25, 0.3) is 0 Å². The summed E-state index contributed by atoms with van der Waals surface area (Å²) in [4.78, 5) is 1.75. The molecule has 0 heterocycles. The Morgan fingerprint density at radius 1 is 1.70 bits per heavy atom. The fourth-order valence-electron chi connectivity index (χ4n) is 0.453. The molecule has 0 aromatic rings. The van der Waals surface area contributed by atoms with Crippen molar-refractivity contribution in [1.29, 1.82) is 0 Å². The molecule has 0 aliphatic carbocycles. The smallest absolute Gasteiger partial charge is 0.134 e. The third-order valence-electron chi connectivity index (χ3n) is 0.854. The summed E-state index contributed by atoms with van der Waals surface area (Å²) < 4.78 is 0. The van der Waals surface area contributed by atoms with E-state index >= 15 is 0 Å². The Bertz CT molecular complexity index is 151. The Hall–Kier alpha value is -1.16. The van der Waals surface area contributed by atoms with Gasteiger partial charge in [0, 0.05) is 20.3 Å². The third kappa shape index (κ3) is 2.99. The summed E-state index contributed by atoms with van der Waals surface area (Å²) in [5.74, 6) is 4.98. The zero-order chi connectivity index (χ0) is 8.15. The summed E-state index contributed by atoms with van der Waals surface area (Å²) in [6.45, 7) is 3.30. The van der Waals surface area contributed by atoms with Crippen molar-refractivity contribution in [3.8, 4) is 0 Å². The van der Waals surface area contributed by atoms with Gasteiger partial charge in [0.05, 0.1) is 0 Å². The summed E-state index contributed by atoms with van der Waals surface area (Å²) in [5.41, 5.74) is 2.71. The monoisotopic (exact) mass is 143 g/mol. The van der Waals surface area contributed by atoms with Crippen molar-refractivity contribution in [1.82, 2.24) is 10.3 Å². The first-order valence-corrected chi connectivity index (χ1v) is 2.81. The number of hydrogen-bond acceptors (Lipinski definition) is 4. The zero-order valence-electron chi connectivity index (χ0n) is 6.26. The molecule has 0 bridgehead atoms. The molecule has 0 spiro atoms. The predicted octanol–water partition coefficient (Wildman–Crippen LogP) is -0.0756. The van der Waals surface area contributed by atoms with Crippen molar-refractivity contribution in [2.75, 3.05) is 14.1 Å². The lowest BCUT2D eigenvalue weighted by Crippen LogP contribution is -2.24. The van der Waals surface area contributed by atoms with E-state index in [9.17, 15) is 0 Å². The molecule has 0 radical (unpaired) electrons. The number of nitrogens with one attached hydrogen (secondary N) is 1. The summed E-state index contributed by atoms with van der Waals surface area (Å²) in [6.07, 6.45) is 1.63. The van der Waals surface area contributed by atoms with Crippen LogP contribution in [0.15, 0.2) is 24.2 Å². The number of nitrogens with zero attached hydrogens (tertiary/aromatic N) is 1. The van der Waals surface area contributed by atoms with E-state index < -0.39 is 0 Å². The molecule has 0 aromatic carbocycles. The van der Waals surface area contributed by atoms with Crippen LogP contribution in [0, 0.1) is 0 Å². The van der Waals surface area contributed by atoms with Crippen molar-refractivity contribution < 1.29 is 5.11 Å². The van der Waals surface area contributed by atoms with Crippen LogP contribution in [0.5, 0.6) is 0 Å². The fraction of sp³-hybridized carbons (Fsp3) is 0.333. The van der Waals surface area contributed by atoms with Gasteiger partial charge in [-0.2, -0.15) is 0 Å². The van der Waals surface area contributed by atoms with Gasteiger partial charge in [0.2, 0.25) is 0 Å². The lowest BCUT2D eigenvalue weighted by atomic mass is 10.4. The van der Waals surface area contributed by atoms with Gasteiger partial charge < -0.3 is 15.4 Å². The molecule has 0 aliphatic heterocycles. The Labute approximate surface area is 60.6 Å². The second-order valence-electron chi connectivity index (χ2n) is 2.10. The quantitative estimate of drug-likeness (QED) is 0.224. The van der Waals surface area contributed by atoms with Crippen molar-refractivity contribution in [3.63, 3.8) is 0 Å². The molecule has 0 aromatic heterocycles. The summed E-state index contributed by atoms with van der Waals surface area (Å²) >= 11 is 0. The van der Waals surface area contributed by atoms with Crippen LogP contribution in [-0.2, 0) is 0 Å². The van der Waals surface area contributed by atoms with Crippen LogP contribution in [0.4, 0.5) is 0 Å². The molecule has 0 rings (SSSR count). The van der Waals surface area contributed by atoms with Gasteiger partial charge in [0.1, 0.15) is 11.5 Å². The van der Waals surface area contributed by atoms with Crippen molar-refractivity contribution in [2.24, 2.45) is 5.84 Å². The summed E-state index contributed by atoms with van der Waals surface area (Å²) in [7, 11) is 3.64. The Kier molecular flexibility index (Phi) is 3.35. The second-order valence-corrected chi connectivity index (χ2v) is 2.10. The van der Waals surface area contributed by atoms with Crippen molar-refractivity contribution >= 4 is 0 Å². The first kappa shape index (κ1) is 8.84. The van der Waals surface area contributed by atoms with Gasteiger partial charge in [-0.3, -0.25) is 5.84 Å². The van der Waals surface area contributed by atoms with Gasteiger partial charge in [0.25, 0.3) is 0 Å². The van der Waals surface area contributed by atoms with Crippen LogP contribution < -0.4 is 11.3 Å². The molecule has 0 saturated carbocycles. The largest absolute Gasteiger partial charge is 0.506 e. The van der Waals surface area contributed by atoms with Crippen molar-refractivity contribution in [3.05, 3.63) is 24.2 Å². The van der Waals surface area contributed by atoms with Gasteiger partial charge in [0.15, 0.2) is 0 Å². The SMILES string of the molecule is C=C(O)/C(=C/N(C)C)NN. The van der Waals surface area contributed by atoms with E-state index in [0.717, 1.165) is 0 Å². The summed E-state index contributed by atoms with van der Waals surface area (Å²) in [5, 5.41) is 8.83. The molecule has 4 nitrogen and oxygen atoms in total. The normalized spacial score (nSPS) is 10.9. The highest BCUT2D eigenvalue weighted by Gasteiger charge is 1.96. The molecule has 4 heteroatoms. The van der Waals surface area contributed by atoms with Gasteiger partial charge in [-0.05, 0) is 0 Å². The minimum Gasteiger partial charge on any atom is -0.506 e. The van der Waals surface area contributed by atoms with Gasteiger partial charge in [-0.15, -0.1) is 0 Å². The topological polar surface area (TPSA) is 61.5 Å². The Morgan fingerprint density at radius 3 is 2.30 bits per heavy atom. The minimum absolute atomic E-state index is 0.0730. The molecule has 0 atom stereocenters. The number of aliphatic hydroxyl groups is 1. The van der Waals surface area contributed by atoms with Gasteiger partial charge in [-0.25, -0.2) is 0 Å². The maximum Gasteiger partial charge on any atom is 0.134 e. The van der Waals surface area contributed by atoms with Crippen LogP contribution in [0.3, 0.4) is 0 Å². The van der Waals surface area contributed by atoms with E-state index in [0.29, 0.717) is 5.70 Å². The Morgan fingerprint density at radius 2 is 2.20 bits per heavy atom. The van der Waals surface area contributed by atoms with E-state index in [1.807, 2.05) is 14.1 Å².